The van der Waals surface area contributed by atoms with Crippen LogP contribution in [0.4, 0.5) is 0 Å². The predicted octanol–water partition coefficient (Wildman–Crippen LogP) is 3.31. The maximum absolute atomic E-state index is 4.33. The maximum atomic E-state index is 4.33. The Balaban J connectivity index is 2.24. The van der Waals surface area contributed by atoms with E-state index in [1.807, 2.05) is 18.3 Å². The fourth-order valence-corrected chi connectivity index (χ4v) is 1.65. The topological polar surface area (TPSA) is 12.9 Å². The molecule has 0 radical (unpaired) electrons. The van der Waals surface area contributed by atoms with E-state index in [1.54, 1.807) is 0 Å². The number of hydrogen-bond acceptors (Lipinski definition) is 1. The second-order valence-electron chi connectivity index (χ2n) is 4.02. The van der Waals surface area contributed by atoms with Gasteiger partial charge in [0, 0.05) is 6.20 Å². The summed E-state index contributed by atoms with van der Waals surface area (Å²) in [6.07, 6.45) is 8.57. The molecule has 0 N–H and O–H groups in total. The van der Waals surface area contributed by atoms with Crippen molar-refractivity contribution < 1.29 is 0 Å². The van der Waals surface area contributed by atoms with Gasteiger partial charge in [0.1, 0.15) is 0 Å². The smallest absolute Gasteiger partial charge is 0.0698 e. The Morgan fingerprint density at radius 2 is 2.14 bits per heavy atom. The molecule has 1 aliphatic carbocycles. The molecule has 0 saturated heterocycles. The van der Waals surface area contributed by atoms with Crippen LogP contribution in [0, 0.1) is 11.8 Å². The van der Waals surface area contributed by atoms with E-state index >= 15 is 0 Å². The van der Waals surface area contributed by atoms with Gasteiger partial charge in [-0.1, -0.05) is 38.1 Å². The van der Waals surface area contributed by atoms with Gasteiger partial charge in [-0.2, -0.15) is 0 Å². The van der Waals surface area contributed by atoms with Crippen LogP contribution in [0.25, 0.3) is 5.57 Å². The highest BCUT2D eigenvalue weighted by Crippen LogP contribution is 2.27. The zero-order chi connectivity index (χ0) is 9.97. The Labute approximate surface area is 85.2 Å². The summed E-state index contributed by atoms with van der Waals surface area (Å²) in [5.41, 5.74) is 2.33. The lowest BCUT2D eigenvalue weighted by Gasteiger charge is -2.08. The first-order chi connectivity index (χ1) is 6.77. The van der Waals surface area contributed by atoms with Crippen molar-refractivity contribution in [3.63, 3.8) is 0 Å². The van der Waals surface area contributed by atoms with Gasteiger partial charge < -0.3 is 0 Å². The molecule has 1 heteroatoms. The van der Waals surface area contributed by atoms with Crippen molar-refractivity contribution in [2.24, 2.45) is 11.8 Å². The fourth-order valence-electron chi connectivity index (χ4n) is 1.65. The molecule has 0 spiro atoms. The van der Waals surface area contributed by atoms with E-state index in [-0.39, 0.29) is 0 Å². The minimum Gasteiger partial charge on any atom is -0.256 e. The van der Waals surface area contributed by atoms with Crippen molar-refractivity contribution >= 4 is 5.57 Å². The molecule has 1 heterocycles. The van der Waals surface area contributed by atoms with E-state index in [0.29, 0.717) is 11.8 Å². The van der Waals surface area contributed by atoms with Gasteiger partial charge in [-0.3, -0.25) is 4.98 Å². The molecule has 0 aromatic carbocycles. The van der Waals surface area contributed by atoms with E-state index < -0.39 is 0 Å². The van der Waals surface area contributed by atoms with Crippen LogP contribution in [0.3, 0.4) is 0 Å². The second-order valence-corrected chi connectivity index (χ2v) is 4.02. The molecular formula is C13H15N. The van der Waals surface area contributed by atoms with Crippen LogP contribution < -0.4 is 0 Å². The second kappa shape index (κ2) is 3.79. The molecule has 0 aliphatic heterocycles. The molecule has 1 atom stereocenters. The third-order valence-corrected chi connectivity index (χ3v) is 2.60. The van der Waals surface area contributed by atoms with E-state index in [1.165, 1.54) is 5.57 Å². The van der Waals surface area contributed by atoms with Crippen LogP contribution in [0.2, 0.25) is 0 Å². The van der Waals surface area contributed by atoms with Crippen molar-refractivity contribution in [1.29, 1.82) is 0 Å². The molecule has 2 rings (SSSR count). The first-order valence-electron chi connectivity index (χ1n) is 5.09. The Bertz CT molecular complexity index is 360. The standard InChI is InChI=1S/C13H15N/c1-10(2)11-6-7-12(9-11)13-5-3-4-8-14-13/h3-11H,1-2H3. The van der Waals surface area contributed by atoms with Gasteiger partial charge in [0.15, 0.2) is 0 Å². The summed E-state index contributed by atoms with van der Waals surface area (Å²) in [6, 6.07) is 6.03. The number of pyridine rings is 1. The average molecular weight is 185 g/mol. The molecule has 72 valence electrons. The molecule has 1 nitrogen and oxygen atoms in total. The normalized spacial score (nSPS) is 20.2. The van der Waals surface area contributed by atoms with Gasteiger partial charge in [-0.15, -0.1) is 0 Å². The van der Waals surface area contributed by atoms with Crippen molar-refractivity contribution in [3.8, 4) is 0 Å². The zero-order valence-electron chi connectivity index (χ0n) is 8.64. The third kappa shape index (κ3) is 1.77. The minimum absolute atomic E-state index is 0.576. The number of aromatic nitrogens is 1. The van der Waals surface area contributed by atoms with Gasteiger partial charge in [0.25, 0.3) is 0 Å². The van der Waals surface area contributed by atoms with E-state index in [2.05, 4.69) is 43.1 Å². The summed E-state index contributed by atoms with van der Waals surface area (Å²) in [5.74, 6) is 1.25. The summed E-state index contributed by atoms with van der Waals surface area (Å²) in [5, 5.41) is 0. The van der Waals surface area contributed by atoms with E-state index in [9.17, 15) is 0 Å². The quantitative estimate of drug-likeness (QED) is 0.688. The van der Waals surface area contributed by atoms with Crippen molar-refractivity contribution in [2.75, 3.05) is 0 Å². The number of hydrogen-bond donors (Lipinski definition) is 0. The zero-order valence-corrected chi connectivity index (χ0v) is 8.64. The van der Waals surface area contributed by atoms with Gasteiger partial charge in [0.05, 0.1) is 5.69 Å². The lowest BCUT2D eigenvalue weighted by molar-refractivity contribution is 0.556. The molecule has 1 aromatic heterocycles. The summed E-state index contributed by atoms with van der Waals surface area (Å²) < 4.78 is 0. The monoisotopic (exact) mass is 185 g/mol. The van der Waals surface area contributed by atoms with Gasteiger partial charge in [-0.25, -0.2) is 0 Å². The number of allylic oxidation sites excluding steroid dienone is 4. The van der Waals surface area contributed by atoms with Gasteiger partial charge in [-0.05, 0) is 29.5 Å². The largest absolute Gasteiger partial charge is 0.256 e. The van der Waals surface area contributed by atoms with E-state index in [0.717, 1.165) is 5.69 Å². The fraction of sp³-hybridized carbons (Fsp3) is 0.308. The summed E-state index contributed by atoms with van der Waals surface area (Å²) >= 11 is 0. The maximum Gasteiger partial charge on any atom is 0.0698 e. The molecule has 14 heavy (non-hydrogen) atoms. The minimum atomic E-state index is 0.576. The third-order valence-electron chi connectivity index (χ3n) is 2.60. The Morgan fingerprint density at radius 3 is 2.71 bits per heavy atom. The number of nitrogens with zero attached hydrogens (tertiary/aromatic N) is 1. The van der Waals surface area contributed by atoms with Crippen LogP contribution in [-0.4, -0.2) is 4.98 Å². The van der Waals surface area contributed by atoms with Crippen LogP contribution >= 0.6 is 0 Å². The highest BCUT2D eigenvalue weighted by Gasteiger charge is 2.13. The molecule has 0 saturated carbocycles. The van der Waals surface area contributed by atoms with Crippen LogP contribution in [0.1, 0.15) is 19.5 Å². The molecular weight excluding hydrogens is 170 g/mol. The van der Waals surface area contributed by atoms with Crippen LogP contribution in [0.15, 0.2) is 42.6 Å². The first kappa shape index (κ1) is 9.20. The van der Waals surface area contributed by atoms with Crippen molar-refractivity contribution in [1.82, 2.24) is 4.98 Å². The highest BCUT2D eigenvalue weighted by atomic mass is 14.7. The molecule has 1 aliphatic rings. The number of rotatable bonds is 2. The predicted molar refractivity (Wildman–Crippen MR) is 59.7 cm³/mol. The first-order valence-corrected chi connectivity index (χ1v) is 5.09. The average Bonchev–Trinajstić information content (AvgIpc) is 2.68. The Hall–Kier alpha value is -1.37. The molecule has 1 aromatic rings. The lowest BCUT2D eigenvalue weighted by Crippen LogP contribution is -1.98. The highest BCUT2D eigenvalue weighted by molar-refractivity contribution is 5.74. The van der Waals surface area contributed by atoms with Gasteiger partial charge in [0.2, 0.25) is 0 Å². The summed E-state index contributed by atoms with van der Waals surface area (Å²) in [4.78, 5) is 4.33. The van der Waals surface area contributed by atoms with Gasteiger partial charge >= 0.3 is 0 Å². The molecule has 0 fully saturated rings. The van der Waals surface area contributed by atoms with Crippen molar-refractivity contribution in [2.45, 2.75) is 13.8 Å². The van der Waals surface area contributed by atoms with Crippen molar-refractivity contribution in [3.05, 3.63) is 48.3 Å². The van der Waals surface area contributed by atoms with Crippen LogP contribution in [0.5, 0.6) is 0 Å². The SMILES string of the molecule is CC(C)C1C=CC(c2ccccn2)=C1. The Morgan fingerprint density at radius 1 is 1.29 bits per heavy atom. The molecule has 0 bridgehead atoms. The Kier molecular flexibility index (Phi) is 2.49. The summed E-state index contributed by atoms with van der Waals surface area (Å²) in [6.45, 7) is 4.49. The lowest BCUT2D eigenvalue weighted by atomic mass is 9.97. The molecule has 1 unspecified atom stereocenters. The van der Waals surface area contributed by atoms with E-state index in [4.69, 9.17) is 0 Å². The summed E-state index contributed by atoms with van der Waals surface area (Å²) in [7, 11) is 0. The molecule has 0 amide bonds. The van der Waals surface area contributed by atoms with Crippen LogP contribution in [-0.2, 0) is 0 Å².